The van der Waals surface area contributed by atoms with E-state index in [-0.39, 0.29) is 0 Å². The van der Waals surface area contributed by atoms with Crippen molar-refractivity contribution in [3.63, 3.8) is 0 Å². The summed E-state index contributed by atoms with van der Waals surface area (Å²) < 4.78 is 21.6. The highest BCUT2D eigenvalue weighted by Gasteiger charge is 2.22. The number of benzene rings is 1. The third kappa shape index (κ3) is 2.47. The van der Waals surface area contributed by atoms with E-state index in [4.69, 9.17) is 30.2 Å². The Bertz CT molecular complexity index is 573. The second-order valence-electron chi connectivity index (χ2n) is 4.12. The Morgan fingerprint density at radius 3 is 2.63 bits per heavy atom. The Hall–Kier alpha value is -1.49. The van der Waals surface area contributed by atoms with Gasteiger partial charge in [-0.05, 0) is 30.3 Å². The molecule has 0 N–H and O–H groups in total. The predicted octanol–water partition coefficient (Wildman–Crippen LogP) is 3.65. The van der Waals surface area contributed by atoms with E-state index in [0.29, 0.717) is 29.7 Å². The molecule has 19 heavy (non-hydrogen) atoms. The summed E-state index contributed by atoms with van der Waals surface area (Å²) in [7, 11) is 1.58. The lowest BCUT2D eigenvalue weighted by molar-refractivity contribution is -0.0585. The van der Waals surface area contributed by atoms with Gasteiger partial charge in [0.2, 0.25) is 6.29 Å². The van der Waals surface area contributed by atoms with Gasteiger partial charge >= 0.3 is 0 Å². The van der Waals surface area contributed by atoms with E-state index >= 15 is 0 Å². The fourth-order valence-electron chi connectivity index (χ4n) is 1.98. The maximum absolute atomic E-state index is 6.10. The van der Waals surface area contributed by atoms with Gasteiger partial charge in [0.25, 0.3) is 0 Å². The van der Waals surface area contributed by atoms with Crippen LogP contribution in [0.2, 0.25) is 5.02 Å². The topological polar surface area (TPSA) is 40.8 Å². The number of methoxy groups -OCH3 is 1. The first-order valence-corrected chi connectivity index (χ1v) is 6.32. The van der Waals surface area contributed by atoms with Crippen molar-refractivity contribution in [2.45, 2.75) is 6.29 Å². The summed E-state index contributed by atoms with van der Waals surface area (Å²) >= 11 is 6.10. The van der Waals surface area contributed by atoms with Crippen molar-refractivity contribution < 1.29 is 18.6 Å². The molecule has 1 aliphatic heterocycles. The van der Waals surface area contributed by atoms with Gasteiger partial charge in [0.15, 0.2) is 5.76 Å². The molecule has 0 atom stereocenters. The lowest BCUT2D eigenvalue weighted by Gasteiger charge is -2.06. The first-order valence-electron chi connectivity index (χ1n) is 5.95. The SMILES string of the molecule is COc1ccc(-c2ccc(C3OCCO3)o2)cc1Cl. The standard InChI is InChI=1S/C14H13ClO4/c1-16-12-3-2-9(8-10(12)15)11-4-5-13(19-11)14-17-6-7-18-14/h2-5,8,14H,6-7H2,1H3. The summed E-state index contributed by atoms with van der Waals surface area (Å²) in [5.41, 5.74) is 0.884. The minimum atomic E-state index is -0.400. The second-order valence-corrected chi connectivity index (χ2v) is 4.53. The summed E-state index contributed by atoms with van der Waals surface area (Å²) in [6.07, 6.45) is -0.400. The van der Waals surface area contributed by atoms with Crippen LogP contribution in [0.15, 0.2) is 34.7 Å². The van der Waals surface area contributed by atoms with Gasteiger partial charge in [-0.3, -0.25) is 0 Å². The van der Waals surface area contributed by atoms with Gasteiger partial charge in [-0.2, -0.15) is 0 Å². The summed E-state index contributed by atoms with van der Waals surface area (Å²) in [4.78, 5) is 0. The van der Waals surface area contributed by atoms with Crippen molar-refractivity contribution >= 4 is 11.6 Å². The number of ether oxygens (including phenoxy) is 3. The van der Waals surface area contributed by atoms with Gasteiger partial charge < -0.3 is 18.6 Å². The van der Waals surface area contributed by atoms with E-state index in [2.05, 4.69) is 0 Å². The van der Waals surface area contributed by atoms with Crippen molar-refractivity contribution in [1.29, 1.82) is 0 Å². The average molecular weight is 281 g/mol. The number of rotatable bonds is 3. The first kappa shape index (κ1) is 12.5. The van der Waals surface area contributed by atoms with Crippen LogP contribution in [0, 0.1) is 0 Å². The highest BCUT2D eigenvalue weighted by Crippen LogP contribution is 2.33. The van der Waals surface area contributed by atoms with Crippen LogP contribution in [0.25, 0.3) is 11.3 Å². The van der Waals surface area contributed by atoms with Crippen molar-refractivity contribution in [3.8, 4) is 17.1 Å². The molecule has 100 valence electrons. The van der Waals surface area contributed by atoms with Crippen molar-refractivity contribution in [1.82, 2.24) is 0 Å². The van der Waals surface area contributed by atoms with Gasteiger partial charge in [-0.1, -0.05) is 11.6 Å². The molecule has 1 fully saturated rings. The molecular weight excluding hydrogens is 268 g/mol. The number of hydrogen-bond donors (Lipinski definition) is 0. The Morgan fingerprint density at radius 1 is 1.16 bits per heavy atom. The first-order chi connectivity index (χ1) is 9.28. The molecule has 0 unspecified atom stereocenters. The van der Waals surface area contributed by atoms with Crippen molar-refractivity contribution in [3.05, 3.63) is 41.1 Å². The number of hydrogen-bond acceptors (Lipinski definition) is 4. The maximum atomic E-state index is 6.10. The molecule has 3 rings (SSSR count). The van der Waals surface area contributed by atoms with E-state index in [1.165, 1.54) is 0 Å². The van der Waals surface area contributed by atoms with E-state index in [9.17, 15) is 0 Å². The lowest BCUT2D eigenvalue weighted by Crippen LogP contribution is -1.94. The minimum absolute atomic E-state index is 0.400. The molecule has 0 bridgehead atoms. The van der Waals surface area contributed by atoms with Crippen LogP contribution < -0.4 is 4.74 Å². The van der Waals surface area contributed by atoms with E-state index < -0.39 is 6.29 Å². The zero-order chi connectivity index (χ0) is 13.2. The van der Waals surface area contributed by atoms with Crippen LogP contribution >= 0.6 is 11.6 Å². The normalized spacial score (nSPS) is 15.9. The van der Waals surface area contributed by atoms with Gasteiger partial charge in [0.05, 0.1) is 25.3 Å². The van der Waals surface area contributed by atoms with Gasteiger partial charge in [-0.25, -0.2) is 0 Å². The molecule has 1 aromatic heterocycles. The monoisotopic (exact) mass is 280 g/mol. The van der Waals surface area contributed by atoms with Crippen LogP contribution in [-0.2, 0) is 9.47 Å². The number of halogens is 1. The highest BCUT2D eigenvalue weighted by molar-refractivity contribution is 6.32. The summed E-state index contributed by atoms with van der Waals surface area (Å²) in [5.74, 6) is 2.03. The Balaban J connectivity index is 1.87. The van der Waals surface area contributed by atoms with Crippen LogP contribution in [0.1, 0.15) is 12.1 Å². The lowest BCUT2D eigenvalue weighted by atomic mass is 10.2. The zero-order valence-corrected chi connectivity index (χ0v) is 11.1. The largest absolute Gasteiger partial charge is 0.495 e. The number of furan rings is 1. The Kier molecular flexibility index (Phi) is 3.46. The summed E-state index contributed by atoms with van der Waals surface area (Å²) in [6.45, 7) is 1.18. The van der Waals surface area contributed by atoms with Crippen LogP contribution in [0.4, 0.5) is 0 Å². The molecule has 5 heteroatoms. The smallest absolute Gasteiger partial charge is 0.217 e. The molecule has 4 nitrogen and oxygen atoms in total. The maximum Gasteiger partial charge on any atom is 0.217 e. The van der Waals surface area contributed by atoms with Crippen LogP contribution in [0.5, 0.6) is 5.75 Å². The quantitative estimate of drug-likeness (QED) is 0.860. The molecule has 2 aromatic rings. The van der Waals surface area contributed by atoms with Gasteiger partial charge in [-0.15, -0.1) is 0 Å². The van der Waals surface area contributed by atoms with Gasteiger partial charge in [0, 0.05) is 5.56 Å². The molecule has 1 aromatic carbocycles. The van der Waals surface area contributed by atoms with Crippen LogP contribution in [-0.4, -0.2) is 20.3 Å². The third-order valence-electron chi connectivity index (χ3n) is 2.92. The predicted molar refractivity (Wildman–Crippen MR) is 70.4 cm³/mol. The molecule has 1 aliphatic rings. The molecular formula is C14H13ClO4. The molecule has 0 aliphatic carbocycles. The molecule has 0 saturated carbocycles. The van der Waals surface area contributed by atoms with Crippen molar-refractivity contribution in [2.75, 3.05) is 20.3 Å². The van der Waals surface area contributed by atoms with Crippen molar-refractivity contribution in [2.24, 2.45) is 0 Å². The second kappa shape index (κ2) is 5.25. The highest BCUT2D eigenvalue weighted by atomic mass is 35.5. The molecule has 0 radical (unpaired) electrons. The van der Waals surface area contributed by atoms with Crippen LogP contribution in [0.3, 0.4) is 0 Å². The Morgan fingerprint density at radius 2 is 1.95 bits per heavy atom. The third-order valence-corrected chi connectivity index (χ3v) is 3.21. The minimum Gasteiger partial charge on any atom is -0.495 e. The molecule has 0 amide bonds. The molecule has 2 heterocycles. The van der Waals surface area contributed by atoms with Gasteiger partial charge in [0.1, 0.15) is 11.5 Å². The van der Waals surface area contributed by atoms with E-state index in [1.54, 1.807) is 13.2 Å². The summed E-state index contributed by atoms with van der Waals surface area (Å²) in [5, 5.41) is 0.548. The average Bonchev–Trinajstić information content (AvgIpc) is 3.09. The zero-order valence-electron chi connectivity index (χ0n) is 10.4. The van der Waals surface area contributed by atoms with E-state index in [0.717, 1.165) is 11.3 Å². The Labute approximate surface area is 115 Å². The fourth-order valence-corrected chi connectivity index (χ4v) is 2.23. The molecule has 1 saturated heterocycles. The fraction of sp³-hybridized carbons (Fsp3) is 0.286. The van der Waals surface area contributed by atoms with E-state index in [1.807, 2.05) is 24.3 Å². The molecule has 0 spiro atoms. The summed E-state index contributed by atoms with van der Waals surface area (Å²) in [6, 6.07) is 9.23.